The summed E-state index contributed by atoms with van der Waals surface area (Å²) >= 11 is 6.31. The summed E-state index contributed by atoms with van der Waals surface area (Å²) in [4.78, 5) is 17.2. The van der Waals surface area contributed by atoms with Gasteiger partial charge in [0.15, 0.2) is 0 Å². The third-order valence-corrected chi connectivity index (χ3v) is 5.05. The zero-order chi connectivity index (χ0) is 18.6. The highest BCUT2D eigenvalue weighted by molar-refractivity contribution is 6.21. The fourth-order valence-corrected chi connectivity index (χ4v) is 3.85. The molecule has 1 unspecified atom stereocenters. The predicted molar refractivity (Wildman–Crippen MR) is 100 cm³/mol. The van der Waals surface area contributed by atoms with Gasteiger partial charge in [-0.2, -0.15) is 0 Å². The van der Waals surface area contributed by atoms with Crippen LogP contribution in [-0.2, 0) is 0 Å². The molecule has 1 aromatic carbocycles. The molecule has 1 saturated heterocycles. The molecule has 4 nitrogen and oxygen atoms in total. The van der Waals surface area contributed by atoms with Crippen LogP contribution in [0.25, 0.3) is 0 Å². The lowest BCUT2D eigenvalue weighted by atomic mass is 9.92. The molecule has 1 atom stereocenters. The van der Waals surface area contributed by atoms with Crippen LogP contribution in [0.5, 0.6) is 0 Å². The molecule has 0 saturated carbocycles. The topological polar surface area (TPSA) is 26.8 Å². The van der Waals surface area contributed by atoms with E-state index in [1.807, 2.05) is 25.8 Å². The maximum atomic E-state index is 13.3. The van der Waals surface area contributed by atoms with E-state index in [0.29, 0.717) is 13.1 Å². The summed E-state index contributed by atoms with van der Waals surface area (Å²) in [7, 11) is 2.04. The number of benzene rings is 1. The summed E-state index contributed by atoms with van der Waals surface area (Å²) in [6.07, 6.45) is 3.02. The van der Waals surface area contributed by atoms with Crippen LogP contribution in [0.15, 0.2) is 24.3 Å². The molecule has 140 valence electrons. The number of carbonyl (C=O) groups excluding carboxylic acids is 1. The van der Waals surface area contributed by atoms with Gasteiger partial charge in [0.2, 0.25) is 0 Å². The van der Waals surface area contributed by atoms with E-state index in [1.54, 1.807) is 12.1 Å². The number of nitrogens with zero attached hydrogens (tertiary/aromatic N) is 3. The second-order valence-corrected chi connectivity index (χ2v) is 7.93. The van der Waals surface area contributed by atoms with Gasteiger partial charge < -0.3 is 9.80 Å². The Morgan fingerprint density at radius 1 is 1.32 bits per heavy atom. The summed E-state index contributed by atoms with van der Waals surface area (Å²) in [5.41, 5.74) is 0.550. The molecule has 0 N–H and O–H groups in total. The Morgan fingerprint density at radius 3 is 2.56 bits per heavy atom. The molecule has 0 aliphatic carbocycles. The lowest BCUT2D eigenvalue weighted by Gasteiger charge is -2.51. The van der Waals surface area contributed by atoms with Crippen LogP contribution in [0.1, 0.15) is 51.6 Å². The van der Waals surface area contributed by atoms with E-state index in [2.05, 4.69) is 11.8 Å². The van der Waals surface area contributed by atoms with E-state index in [1.165, 1.54) is 16.6 Å². The molecule has 0 spiro atoms. The molecule has 25 heavy (non-hydrogen) atoms. The minimum Gasteiger partial charge on any atom is -0.309 e. The van der Waals surface area contributed by atoms with Gasteiger partial charge in [0.05, 0.1) is 11.6 Å². The second kappa shape index (κ2) is 8.37. The number of likely N-dealkylation sites (N-methyl/N-ethyl adjacent to an activating group) is 1. The number of rotatable bonds is 5. The first-order valence-electron chi connectivity index (χ1n) is 8.97. The third-order valence-electron chi connectivity index (χ3n) is 4.73. The molecule has 1 fully saturated rings. The number of halogens is 2. The molecule has 0 radical (unpaired) electrons. The van der Waals surface area contributed by atoms with Gasteiger partial charge in [-0.1, -0.05) is 31.9 Å². The summed E-state index contributed by atoms with van der Waals surface area (Å²) in [5.74, 6) is -0.274. The summed E-state index contributed by atoms with van der Waals surface area (Å²) < 4.78 is 14.6. The van der Waals surface area contributed by atoms with Crippen molar-refractivity contribution >= 4 is 17.8 Å². The normalized spacial score (nSPS) is 20.6. The molecule has 0 aromatic heterocycles. The van der Waals surface area contributed by atoms with Crippen molar-refractivity contribution in [2.24, 2.45) is 0 Å². The van der Waals surface area contributed by atoms with Crippen LogP contribution in [0.2, 0.25) is 0 Å². The van der Waals surface area contributed by atoms with Crippen molar-refractivity contribution in [1.82, 2.24) is 14.2 Å². The number of carbonyl (C=O) groups is 1. The Bertz CT molecular complexity index is 579. The Hall–Kier alpha value is -1.33. The molecule has 1 aliphatic rings. The van der Waals surface area contributed by atoms with Gasteiger partial charge in [0.1, 0.15) is 5.82 Å². The van der Waals surface area contributed by atoms with Crippen LogP contribution in [0.4, 0.5) is 9.18 Å². The van der Waals surface area contributed by atoms with Crippen LogP contribution in [0, 0.1) is 5.82 Å². The van der Waals surface area contributed by atoms with Crippen molar-refractivity contribution in [2.75, 3.05) is 26.7 Å². The first kappa shape index (κ1) is 20.0. The second-order valence-electron chi connectivity index (χ2n) is 7.52. The van der Waals surface area contributed by atoms with E-state index in [-0.39, 0.29) is 23.4 Å². The Balaban J connectivity index is 2.27. The van der Waals surface area contributed by atoms with Gasteiger partial charge in [0.25, 0.3) is 0 Å². The number of amides is 2. The summed E-state index contributed by atoms with van der Waals surface area (Å²) in [5, 5.41) is 0. The molecule has 1 heterocycles. The summed E-state index contributed by atoms with van der Waals surface area (Å²) in [6, 6.07) is 6.06. The van der Waals surface area contributed by atoms with E-state index in [0.717, 1.165) is 31.4 Å². The van der Waals surface area contributed by atoms with Crippen LogP contribution in [0.3, 0.4) is 0 Å². The van der Waals surface area contributed by atoms with Gasteiger partial charge in [-0.25, -0.2) is 13.6 Å². The van der Waals surface area contributed by atoms with E-state index >= 15 is 0 Å². The van der Waals surface area contributed by atoms with Gasteiger partial charge in [-0.05, 0) is 45.0 Å². The van der Waals surface area contributed by atoms with Crippen molar-refractivity contribution in [2.45, 2.75) is 51.6 Å². The quantitative estimate of drug-likeness (QED) is 0.557. The Labute approximate surface area is 155 Å². The number of hydrogen-bond acceptors (Lipinski definition) is 2. The number of urea groups is 1. The Kier molecular flexibility index (Phi) is 6.69. The minimum absolute atomic E-state index is 0.158. The average molecular weight is 370 g/mol. The smallest absolute Gasteiger partial charge is 0.309 e. The molecule has 2 amide bonds. The van der Waals surface area contributed by atoms with Crippen molar-refractivity contribution in [3.8, 4) is 0 Å². The van der Waals surface area contributed by atoms with Crippen molar-refractivity contribution in [1.29, 1.82) is 0 Å². The molecular formula is C19H29ClFN3O. The summed E-state index contributed by atoms with van der Waals surface area (Å²) in [6.45, 7) is 8.21. The predicted octanol–water partition coefficient (Wildman–Crippen LogP) is 4.66. The molecule has 6 heteroatoms. The van der Waals surface area contributed by atoms with Crippen LogP contribution < -0.4 is 0 Å². The monoisotopic (exact) mass is 369 g/mol. The molecule has 1 aliphatic heterocycles. The molecular weight excluding hydrogens is 341 g/mol. The number of hydrogen-bond donors (Lipinski definition) is 0. The van der Waals surface area contributed by atoms with Gasteiger partial charge in [-0.15, -0.1) is 0 Å². The minimum atomic E-state index is -0.374. The van der Waals surface area contributed by atoms with Gasteiger partial charge in [0, 0.05) is 31.4 Å². The standard InChI is InChI=1S/C19H29ClFN3O/c1-5-6-7-12-23(20)18(25)24-17(13-22(4)14-19(24,2)3)15-8-10-16(21)11-9-15/h8-11,17H,5-7,12-14H2,1-4H3. The first-order valence-corrected chi connectivity index (χ1v) is 9.30. The Morgan fingerprint density at radius 2 is 1.96 bits per heavy atom. The molecule has 0 bridgehead atoms. The largest absolute Gasteiger partial charge is 0.335 e. The zero-order valence-corrected chi connectivity index (χ0v) is 16.4. The van der Waals surface area contributed by atoms with Crippen molar-refractivity contribution < 1.29 is 9.18 Å². The highest BCUT2D eigenvalue weighted by Crippen LogP contribution is 2.35. The zero-order valence-electron chi connectivity index (χ0n) is 15.6. The third kappa shape index (κ3) is 4.85. The first-order chi connectivity index (χ1) is 11.8. The SMILES string of the molecule is CCCCCN(Cl)C(=O)N1C(c2ccc(F)cc2)CN(C)CC1(C)C. The maximum absolute atomic E-state index is 13.3. The van der Waals surface area contributed by atoms with Crippen molar-refractivity contribution in [3.05, 3.63) is 35.6 Å². The van der Waals surface area contributed by atoms with Crippen LogP contribution >= 0.6 is 11.8 Å². The molecule has 1 aromatic rings. The number of unbranched alkanes of at least 4 members (excludes halogenated alkanes) is 2. The lowest BCUT2D eigenvalue weighted by molar-refractivity contribution is 0.00855. The highest BCUT2D eigenvalue weighted by Gasteiger charge is 2.43. The fraction of sp³-hybridized carbons (Fsp3) is 0.632. The highest BCUT2D eigenvalue weighted by atomic mass is 35.5. The maximum Gasteiger partial charge on any atom is 0.335 e. The lowest BCUT2D eigenvalue weighted by Crippen LogP contribution is -2.63. The molecule has 2 rings (SSSR count). The van der Waals surface area contributed by atoms with E-state index < -0.39 is 0 Å². The fourth-order valence-electron chi connectivity index (χ4n) is 3.64. The van der Waals surface area contributed by atoms with Gasteiger partial charge >= 0.3 is 6.03 Å². The van der Waals surface area contributed by atoms with E-state index in [9.17, 15) is 9.18 Å². The van der Waals surface area contributed by atoms with Crippen molar-refractivity contribution in [3.63, 3.8) is 0 Å². The van der Waals surface area contributed by atoms with Crippen LogP contribution in [-0.4, -0.2) is 52.5 Å². The number of piperazine rings is 1. The average Bonchev–Trinajstić information content (AvgIpc) is 2.53. The van der Waals surface area contributed by atoms with Gasteiger partial charge in [-0.3, -0.25) is 0 Å². The van der Waals surface area contributed by atoms with E-state index in [4.69, 9.17) is 11.8 Å².